The van der Waals surface area contributed by atoms with E-state index in [0.717, 1.165) is 23.5 Å². The van der Waals surface area contributed by atoms with E-state index >= 15 is 0 Å². The van der Waals surface area contributed by atoms with Crippen molar-refractivity contribution in [3.8, 4) is 11.5 Å². The van der Waals surface area contributed by atoms with Crippen LogP contribution in [-0.4, -0.2) is 19.5 Å². The molecule has 1 aliphatic rings. The molecule has 0 amide bonds. The number of fused-ring (bicyclic) bond motifs is 1. The van der Waals surface area contributed by atoms with Gasteiger partial charge in [0.1, 0.15) is 11.5 Å². The van der Waals surface area contributed by atoms with Gasteiger partial charge in [-0.1, -0.05) is 24.3 Å². The topological polar surface area (TPSA) is 44.5 Å². The first-order valence-corrected chi connectivity index (χ1v) is 7.83. The van der Waals surface area contributed by atoms with Gasteiger partial charge in [-0.3, -0.25) is 0 Å². The van der Waals surface area contributed by atoms with E-state index in [-0.39, 0.29) is 6.04 Å². The number of methoxy groups -OCH3 is 2. The van der Waals surface area contributed by atoms with E-state index in [1.165, 1.54) is 10.5 Å². The van der Waals surface area contributed by atoms with E-state index < -0.39 is 0 Å². The molecule has 2 aromatic carbocycles. The fourth-order valence-electron chi connectivity index (χ4n) is 2.70. The molecule has 0 bridgehead atoms. The highest BCUT2D eigenvalue weighted by Gasteiger charge is 2.29. The monoisotopic (exact) mass is 301 g/mol. The summed E-state index contributed by atoms with van der Waals surface area (Å²) in [6.45, 7) is 0. The predicted molar refractivity (Wildman–Crippen MR) is 86.3 cm³/mol. The Bertz CT molecular complexity index is 619. The third kappa shape index (κ3) is 2.74. The van der Waals surface area contributed by atoms with Crippen molar-refractivity contribution in [2.24, 2.45) is 5.73 Å². The summed E-state index contributed by atoms with van der Waals surface area (Å²) in [6.07, 6.45) is 0.997. The zero-order chi connectivity index (χ0) is 14.8. The van der Waals surface area contributed by atoms with Crippen LogP contribution in [-0.2, 0) is 6.42 Å². The molecule has 2 N–H and O–H groups in total. The molecule has 1 aliphatic heterocycles. The Balaban J connectivity index is 1.85. The lowest BCUT2D eigenvalue weighted by molar-refractivity contribution is 0.388. The summed E-state index contributed by atoms with van der Waals surface area (Å²) in [4.78, 5) is 1.34. The van der Waals surface area contributed by atoms with Gasteiger partial charge in [-0.2, -0.15) is 0 Å². The normalized spacial score (nSPS) is 18.1. The third-order valence-corrected chi connectivity index (χ3v) is 5.29. The Kier molecular flexibility index (Phi) is 4.08. The van der Waals surface area contributed by atoms with E-state index in [4.69, 9.17) is 15.2 Å². The summed E-state index contributed by atoms with van der Waals surface area (Å²) < 4.78 is 10.7. The average Bonchev–Trinajstić information content (AvgIpc) is 2.97. The number of benzene rings is 2. The highest BCUT2D eigenvalue weighted by atomic mass is 32.2. The van der Waals surface area contributed by atoms with Crippen molar-refractivity contribution in [2.45, 2.75) is 22.6 Å². The maximum atomic E-state index is 6.51. The van der Waals surface area contributed by atoms with Crippen LogP contribution >= 0.6 is 11.8 Å². The van der Waals surface area contributed by atoms with E-state index in [0.29, 0.717) is 5.25 Å². The van der Waals surface area contributed by atoms with Crippen LogP contribution < -0.4 is 15.2 Å². The molecule has 0 aliphatic carbocycles. The largest absolute Gasteiger partial charge is 0.497 e. The summed E-state index contributed by atoms with van der Waals surface area (Å²) in [5.41, 5.74) is 8.92. The first-order valence-electron chi connectivity index (χ1n) is 6.95. The smallest absolute Gasteiger partial charge is 0.127 e. The molecule has 2 unspecified atom stereocenters. The summed E-state index contributed by atoms with van der Waals surface area (Å²) in [5, 5.41) is 0.338. The Labute approximate surface area is 129 Å². The van der Waals surface area contributed by atoms with Crippen LogP contribution in [0.5, 0.6) is 11.5 Å². The highest BCUT2D eigenvalue weighted by Crippen LogP contribution is 2.43. The van der Waals surface area contributed by atoms with Gasteiger partial charge in [-0.15, -0.1) is 11.8 Å². The van der Waals surface area contributed by atoms with Crippen LogP contribution in [0.15, 0.2) is 47.4 Å². The van der Waals surface area contributed by atoms with Crippen LogP contribution in [0.1, 0.15) is 17.2 Å². The van der Waals surface area contributed by atoms with Crippen molar-refractivity contribution in [3.05, 3.63) is 53.6 Å². The van der Waals surface area contributed by atoms with Crippen LogP contribution in [0.4, 0.5) is 0 Å². The van der Waals surface area contributed by atoms with Crippen molar-refractivity contribution in [2.75, 3.05) is 14.2 Å². The zero-order valence-electron chi connectivity index (χ0n) is 12.2. The number of nitrogens with two attached hydrogens (primary N) is 1. The Morgan fingerprint density at radius 1 is 1.14 bits per heavy atom. The lowest BCUT2D eigenvalue weighted by Crippen LogP contribution is -2.23. The van der Waals surface area contributed by atoms with Gasteiger partial charge in [0.25, 0.3) is 0 Å². The van der Waals surface area contributed by atoms with Crippen molar-refractivity contribution < 1.29 is 9.47 Å². The molecule has 0 fully saturated rings. The summed E-state index contributed by atoms with van der Waals surface area (Å²) >= 11 is 1.86. The number of hydrogen-bond acceptors (Lipinski definition) is 4. The van der Waals surface area contributed by atoms with E-state index in [1.807, 2.05) is 30.0 Å². The minimum absolute atomic E-state index is 0.0664. The summed E-state index contributed by atoms with van der Waals surface area (Å²) in [6, 6.07) is 14.3. The molecule has 0 saturated carbocycles. The SMILES string of the molecule is COc1ccc(C(N)C2Cc3ccccc3S2)c(OC)c1. The molecule has 2 aromatic rings. The van der Waals surface area contributed by atoms with Gasteiger partial charge in [0, 0.05) is 27.8 Å². The first kappa shape index (κ1) is 14.3. The lowest BCUT2D eigenvalue weighted by atomic mass is 9.98. The maximum Gasteiger partial charge on any atom is 0.127 e. The van der Waals surface area contributed by atoms with Crippen LogP contribution in [0.25, 0.3) is 0 Å². The molecule has 110 valence electrons. The molecule has 0 radical (unpaired) electrons. The zero-order valence-corrected chi connectivity index (χ0v) is 13.0. The van der Waals surface area contributed by atoms with Gasteiger partial charge < -0.3 is 15.2 Å². The molecule has 0 spiro atoms. The molecular weight excluding hydrogens is 282 g/mol. The van der Waals surface area contributed by atoms with Gasteiger partial charge in [-0.25, -0.2) is 0 Å². The van der Waals surface area contributed by atoms with Gasteiger partial charge in [-0.05, 0) is 24.1 Å². The molecule has 3 nitrogen and oxygen atoms in total. The second-order valence-electron chi connectivity index (χ2n) is 5.10. The first-order chi connectivity index (χ1) is 10.2. The molecule has 3 rings (SSSR count). The van der Waals surface area contributed by atoms with E-state index in [1.54, 1.807) is 14.2 Å². The molecule has 2 atom stereocenters. The second-order valence-corrected chi connectivity index (χ2v) is 6.38. The Morgan fingerprint density at radius 2 is 1.95 bits per heavy atom. The van der Waals surface area contributed by atoms with E-state index in [2.05, 4.69) is 24.3 Å². The molecule has 0 aromatic heterocycles. The molecule has 21 heavy (non-hydrogen) atoms. The van der Waals surface area contributed by atoms with Gasteiger partial charge in [0.05, 0.1) is 14.2 Å². The predicted octanol–water partition coefficient (Wildman–Crippen LogP) is 3.42. The fourth-order valence-corrected chi connectivity index (χ4v) is 4.05. The molecule has 0 saturated heterocycles. The van der Waals surface area contributed by atoms with E-state index in [9.17, 15) is 0 Å². The minimum Gasteiger partial charge on any atom is -0.497 e. The van der Waals surface area contributed by atoms with Crippen LogP contribution in [0, 0.1) is 0 Å². The Hall–Kier alpha value is -1.65. The number of thioether (sulfide) groups is 1. The fraction of sp³-hybridized carbons (Fsp3) is 0.294. The molecule has 1 heterocycles. The minimum atomic E-state index is -0.0664. The highest BCUT2D eigenvalue weighted by molar-refractivity contribution is 8.00. The van der Waals surface area contributed by atoms with Crippen LogP contribution in [0.2, 0.25) is 0 Å². The summed E-state index contributed by atoms with van der Waals surface area (Å²) in [7, 11) is 3.32. The number of hydrogen-bond donors (Lipinski definition) is 1. The number of rotatable bonds is 4. The maximum absolute atomic E-state index is 6.51. The van der Waals surface area contributed by atoms with Gasteiger partial charge in [0.2, 0.25) is 0 Å². The molecular formula is C17H19NO2S. The summed E-state index contributed by atoms with van der Waals surface area (Å²) in [5.74, 6) is 1.57. The molecule has 4 heteroatoms. The number of ether oxygens (including phenoxy) is 2. The standard InChI is InChI=1S/C17H19NO2S/c1-19-12-7-8-13(14(10-12)20-2)17(18)16-9-11-5-3-4-6-15(11)21-16/h3-8,10,16-17H,9,18H2,1-2H3. The quantitative estimate of drug-likeness (QED) is 0.940. The third-order valence-electron chi connectivity index (χ3n) is 3.87. The lowest BCUT2D eigenvalue weighted by Gasteiger charge is -2.21. The van der Waals surface area contributed by atoms with Crippen molar-refractivity contribution in [3.63, 3.8) is 0 Å². The van der Waals surface area contributed by atoms with Crippen molar-refractivity contribution in [1.29, 1.82) is 0 Å². The van der Waals surface area contributed by atoms with Crippen LogP contribution in [0.3, 0.4) is 0 Å². The van der Waals surface area contributed by atoms with Crippen molar-refractivity contribution in [1.82, 2.24) is 0 Å². The van der Waals surface area contributed by atoms with Gasteiger partial charge in [0.15, 0.2) is 0 Å². The van der Waals surface area contributed by atoms with Gasteiger partial charge >= 0.3 is 0 Å². The average molecular weight is 301 g/mol. The Morgan fingerprint density at radius 3 is 2.67 bits per heavy atom. The second kappa shape index (κ2) is 6.00. The van der Waals surface area contributed by atoms with Crippen molar-refractivity contribution >= 4 is 11.8 Å².